The third kappa shape index (κ3) is 6.24. The summed E-state index contributed by atoms with van der Waals surface area (Å²) in [6, 6.07) is 0. The zero-order chi connectivity index (χ0) is 12.5. The van der Waals surface area contributed by atoms with Crippen LogP contribution < -0.4 is 0 Å². The van der Waals surface area contributed by atoms with E-state index in [-0.39, 0.29) is 0 Å². The van der Waals surface area contributed by atoms with Gasteiger partial charge in [-0.05, 0) is 25.7 Å². The van der Waals surface area contributed by atoms with Gasteiger partial charge in [0.15, 0.2) is 0 Å². The van der Waals surface area contributed by atoms with E-state index in [9.17, 15) is 4.79 Å². The second-order valence-electron chi connectivity index (χ2n) is 5.72. The van der Waals surface area contributed by atoms with Gasteiger partial charge in [0.2, 0.25) is 0 Å². The fourth-order valence-electron chi connectivity index (χ4n) is 2.59. The second-order valence-corrected chi connectivity index (χ2v) is 5.72. The molecule has 0 aromatic heterocycles. The van der Waals surface area contributed by atoms with Gasteiger partial charge in [-0.25, -0.2) is 0 Å². The minimum Gasteiger partial charge on any atom is -0.299 e. The van der Waals surface area contributed by atoms with Crippen LogP contribution in [-0.2, 0) is 4.79 Å². The monoisotopic (exact) mass is 238 g/mol. The zero-order valence-electron chi connectivity index (χ0n) is 11.8. The number of rotatable bonds is 11. The van der Waals surface area contributed by atoms with Crippen molar-refractivity contribution in [2.24, 2.45) is 11.8 Å². The molecule has 0 aliphatic heterocycles. The third-order valence-electron chi connectivity index (χ3n) is 3.94. The van der Waals surface area contributed by atoms with Gasteiger partial charge in [-0.1, -0.05) is 58.8 Å². The van der Waals surface area contributed by atoms with Gasteiger partial charge in [-0.3, -0.25) is 4.79 Å². The Balaban J connectivity index is 2.22. The highest BCUT2D eigenvalue weighted by Crippen LogP contribution is 2.35. The molecule has 1 heteroatoms. The lowest BCUT2D eigenvalue weighted by Gasteiger charge is -2.15. The van der Waals surface area contributed by atoms with E-state index in [2.05, 4.69) is 13.8 Å². The summed E-state index contributed by atoms with van der Waals surface area (Å²) in [7, 11) is 0. The van der Waals surface area contributed by atoms with Gasteiger partial charge >= 0.3 is 0 Å². The van der Waals surface area contributed by atoms with Crippen LogP contribution in [0.15, 0.2) is 0 Å². The molecular formula is C16H30O. The van der Waals surface area contributed by atoms with Crippen molar-refractivity contribution in [1.82, 2.24) is 0 Å². The average Bonchev–Trinajstić information content (AvgIpc) is 3.15. The van der Waals surface area contributed by atoms with Crippen molar-refractivity contribution in [3.63, 3.8) is 0 Å². The molecule has 0 saturated heterocycles. The molecule has 17 heavy (non-hydrogen) atoms. The maximum absolute atomic E-state index is 12.2. The Hall–Kier alpha value is -0.330. The first-order valence-corrected chi connectivity index (χ1v) is 7.83. The molecule has 1 nitrogen and oxygen atoms in total. The maximum atomic E-state index is 12.2. The summed E-state index contributed by atoms with van der Waals surface area (Å²) < 4.78 is 0. The highest BCUT2D eigenvalue weighted by molar-refractivity contribution is 5.85. The van der Waals surface area contributed by atoms with Gasteiger partial charge < -0.3 is 0 Å². The van der Waals surface area contributed by atoms with E-state index in [1.54, 1.807) is 0 Å². The number of ketones is 1. The Labute approximate surface area is 107 Å². The van der Waals surface area contributed by atoms with E-state index in [4.69, 9.17) is 0 Å². The van der Waals surface area contributed by atoms with E-state index in [1.165, 1.54) is 64.2 Å². The predicted octanol–water partition coefficient (Wildman–Crippen LogP) is 5.13. The van der Waals surface area contributed by atoms with Gasteiger partial charge in [-0.2, -0.15) is 0 Å². The van der Waals surface area contributed by atoms with E-state index in [0.717, 1.165) is 6.42 Å². The van der Waals surface area contributed by atoms with E-state index < -0.39 is 0 Å². The summed E-state index contributed by atoms with van der Waals surface area (Å²) in [4.78, 5) is 12.2. The predicted molar refractivity (Wildman–Crippen MR) is 74.1 cm³/mol. The van der Waals surface area contributed by atoms with Crippen LogP contribution in [0.3, 0.4) is 0 Å². The molecule has 0 N–H and O–H groups in total. The molecule has 0 spiro atoms. The highest BCUT2D eigenvalue weighted by Gasteiger charge is 2.33. The molecule has 1 unspecified atom stereocenters. The SMILES string of the molecule is CCCCCCC(CCCCC)C(=O)C1CC1. The van der Waals surface area contributed by atoms with Crippen molar-refractivity contribution in [3.05, 3.63) is 0 Å². The second kappa shape index (κ2) is 8.72. The Morgan fingerprint density at radius 3 is 2.00 bits per heavy atom. The lowest BCUT2D eigenvalue weighted by atomic mass is 9.89. The molecule has 0 amide bonds. The Bertz CT molecular complexity index is 206. The molecule has 0 radical (unpaired) electrons. The number of carbonyl (C=O) groups excluding carboxylic acids is 1. The molecule has 0 aromatic rings. The van der Waals surface area contributed by atoms with Crippen LogP contribution in [0, 0.1) is 11.8 Å². The number of carbonyl (C=O) groups is 1. The largest absolute Gasteiger partial charge is 0.299 e. The van der Waals surface area contributed by atoms with Crippen LogP contribution in [0.25, 0.3) is 0 Å². The van der Waals surface area contributed by atoms with Gasteiger partial charge in [0.25, 0.3) is 0 Å². The standard InChI is InChI=1S/C16H30O/c1-3-5-7-9-11-14(10-8-6-4-2)16(17)15-12-13-15/h14-15H,3-13H2,1-2H3. The molecule has 0 bridgehead atoms. The summed E-state index contributed by atoms with van der Waals surface area (Å²) in [6.45, 7) is 4.48. The fraction of sp³-hybridized carbons (Fsp3) is 0.938. The summed E-state index contributed by atoms with van der Waals surface area (Å²) in [6.07, 6.45) is 13.7. The molecule has 0 heterocycles. The minimum absolute atomic E-state index is 0.408. The number of Topliss-reactive ketones (excluding diaryl/α,β-unsaturated/α-hetero) is 1. The van der Waals surface area contributed by atoms with Crippen molar-refractivity contribution in [3.8, 4) is 0 Å². The van der Waals surface area contributed by atoms with Crippen molar-refractivity contribution >= 4 is 5.78 Å². The number of hydrogen-bond donors (Lipinski definition) is 0. The Morgan fingerprint density at radius 1 is 0.941 bits per heavy atom. The normalized spacial score (nSPS) is 17.1. The first kappa shape index (κ1) is 14.7. The van der Waals surface area contributed by atoms with E-state index >= 15 is 0 Å². The molecule has 0 aromatic carbocycles. The van der Waals surface area contributed by atoms with E-state index in [1.807, 2.05) is 0 Å². The van der Waals surface area contributed by atoms with Crippen LogP contribution in [0.4, 0.5) is 0 Å². The first-order valence-electron chi connectivity index (χ1n) is 7.83. The third-order valence-corrected chi connectivity index (χ3v) is 3.94. The molecule has 1 atom stereocenters. The van der Waals surface area contributed by atoms with Crippen LogP contribution in [0.1, 0.15) is 84.5 Å². The summed E-state index contributed by atoms with van der Waals surface area (Å²) >= 11 is 0. The smallest absolute Gasteiger partial charge is 0.139 e. The molecule has 1 fully saturated rings. The lowest BCUT2D eigenvalue weighted by molar-refractivity contribution is -0.124. The van der Waals surface area contributed by atoms with Crippen LogP contribution in [0.5, 0.6) is 0 Å². The molecule has 1 rings (SSSR count). The number of hydrogen-bond acceptors (Lipinski definition) is 1. The summed E-state index contributed by atoms with van der Waals surface area (Å²) in [5.74, 6) is 1.48. The number of unbranched alkanes of at least 4 members (excludes halogenated alkanes) is 5. The zero-order valence-corrected chi connectivity index (χ0v) is 11.8. The molecular weight excluding hydrogens is 208 g/mol. The van der Waals surface area contributed by atoms with Crippen molar-refractivity contribution < 1.29 is 4.79 Å². The summed E-state index contributed by atoms with van der Waals surface area (Å²) in [5, 5.41) is 0. The Morgan fingerprint density at radius 2 is 1.47 bits per heavy atom. The van der Waals surface area contributed by atoms with Gasteiger partial charge in [-0.15, -0.1) is 0 Å². The van der Waals surface area contributed by atoms with Gasteiger partial charge in [0, 0.05) is 11.8 Å². The lowest BCUT2D eigenvalue weighted by Crippen LogP contribution is -2.16. The van der Waals surface area contributed by atoms with Crippen molar-refractivity contribution in [1.29, 1.82) is 0 Å². The van der Waals surface area contributed by atoms with E-state index in [0.29, 0.717) is 17.6 Å². The fourth-order valence-corrected chi connectivity index (χ4v) is 2.59. The molecule has 1 aliphatic rings. The summed E-state index contributed by atoms with van der Waals surface area (Å²) in [5.41, 5.74) is 0. The van der Waals surface area contributed by atoms with Crippen LogP contribution >= 0.6 is 0 Å². The van der Waals surface area contributed by atoms with Crippen molar-refractivity contribution in [2.45, 2.75) is 84.5 Å². The van der Waals surface area contributed by atoms with Crippen molar-refractivity contribution in [2.75, 3.05) is 0 Å². The molecule has 100 valence electrons. The highest BCUT2D eigenvalue weighted by atomic mass is 16.1. The topological polar surface area (TPSA) is 17.1 Å². The molecule has 1 aliphatic carbocycles. The van der Waals surface area contributed by atoms with Gasteiger partial charge in [0.05, 0.1) is 0 Å². The molecule has 1 saturated carbocycles. The van der Waals surface area contributed by atoms with Crippen LogP contribution in [-0.4, -0.2) is 5.78 Å². The van der Waals surface area contributed by atoms with Crippen LogP contribution in [0.2, 0.25) is 0 Å². The Kier molecular flexibility index (Phi) is 7.55. The van der Waals surface area contributed by atoms with Gasteiger partial charge in [0.1, 0.15) is 5.78 Å². The average molecular weight is 238 g/mol. The quantitative estimate of drug-likeness (QED) is 0.456. The first-order chi connectivity index (χ1) is 8.29. The minimum atomic E-state index is 0.408. The maximum Gasteiger partial charge on any atom is 0.139 e.